The largest absolute Gasteiger partial charge is 0.309 e. The van der Waals surface area contributed by atoms with Gasteiger partial charge in [-0.25, -0.2) is 4.39 Å². The number of rotatable bonds is 9. The highest BCUT2D eigenvalue weighted by molar-refractivity contribution is 5.95. The SMILES string of the molecule is CCCCCC(C)N(C(=O)C(C)C(C)(C)CC)c1ccc(F)c(C)c1. The van der Waals surface area contributed by atoms with E-state index in [1.807, 2.05) is 11.8 Å². The van der Waals surface area contributed by atoms with E-state index in [1.165, 1.54) is 12.5 Å². The predicted octanol–water partition coefficient (Wildman–Crippen LogP) is 6.51. The lowest BCUT2D eigenvalue weighted by molar-refractivity contribution is -0.125. The fourth-order valence-corrected chi connectivity index (χ4v) is 3.05. The highest BCUT2D eigenvalue weighted by Crippen LogP contribution is 2.34. The summed E-state index contributed by atoms with van der Waals surface area (Å²) in [6.45, 7) is 14.5. The Morgan fingerprint density at radius 3 is 2.36 bits per heavy atom. The van der Waals surface area contributed by atoms with E-state index in [4.69, 9.17) is 0 Å². The zero-order valence-corrected chi connectivity index (χ0v) is 17.2. The quantitative estimate of drug-likeness (QED) is 0.465. The van der Waals surface area contributed by atoms with Gasteiger partial charge in [-0.3, -0.25) is 4.79 Å². The summed E-state index contributed by atoms with van der Waals surface area (Å²) >= 11 is 0. The van der Waals surface area contributed by atoms with Gasteiger partial charge in [-0.1, -0.05) is 60.3 Å². The molecule has 1 aromatic rings. The second-order valence-corrected chi connectivity index (χ2v) is 8.05. The van der Waals surface area contributed by atoms with Crippen LogP contribution in [-0.4, -0.2) is 11.9 Å². The number of aryl methyl sites for hydroxylation is 1. The van der Waals surface area contributed by atoms with Gasteiger partial charge in [0.15, 0.2) is 0 Å². The number of benzene rings is 1. The summed E-state index contributed by atoms with van der Waals surface area (Å²) in [7, 11) is 0. The first-order valence-corrected chi connectivity index (χ1v) is 9.74. The molecule has 0 radical (unpaired) electrons. The van der Waals surface area contributed by atoms with Gasteiger partial charge in [0, 0.05) is 17.6 Å². The lowest BCUT2D eigenvalue weighted by atomic mass is 9.77. The maximum atomic E-state index is 13.7. The van der Waals surface area contributed by atoms with Crippen LogP contribution in [0.5, 0.6) is 0 Å². The predicted molar refractivity (Wildman–Crippen MR) is 105 cm³/mol. The molecule has 1 amide bonds. The van der Waals surface area contributed by atoms with Crippen LogP contribution >= 0.6 is 0 Å². The topological polar surface area (TPSA) is 20.3 Å². The molecule has 142 valence electrons. The van der Waals surface area contributed by atoms with E-state index in [9.17, 15) is 9.18 Å². The Morgan fingerprint density at radius 2 is 1.84 bits per heavy atom. The molecular weight excluding hydrogens is 313 g/mol. The first kappa shape index (κ1) is 21.7. The van der Waals surface area contributed by atoms with Crippen LogP contribution in [-0.2, 0) is 4.79 Å². The molecule has 0 aliphatic carbocycles. The van der Waals surface area contributed by atoms with Crippen LogP contribution < -0.4 is 4.90 Å². The summed E-state index contributed by atoms with van der Waals surface area (Å²) in [5, 5.41) is 0. The summed E-state index contributed by atoms with van der Waals surface area (Å²) < 4.78 is 13.7. The number of amides is 1. The molecule has 0 saturated carbocycles. The van der Waals surface area contributed by atoms with Crippen molar-refractivity contribution in [3.8, 4) is 0 Å². The molecule has 0 aliphatic rings. The van der Waals surface area contributed by atoms with Crippen LogP contribution in [0.25, 0.3) is 0 Å². The average Bonchev–Trinajstić information content (AvgIpc) is 2.57. The third-order valence-electron chi connectivity index (χ3n) is 5.78. The molecule has 0 aliphatic heterocycles. The van der Waals surface area contributed by atoms with Crippen molar-refractivity contribution in [3.05, 3.63) is 29.6 Å². The molecular formula is C22H36FNO. The molecule has 0 fully saturated rings. The van der Waals surface area contributed by atoms with Crippen LogP contribution in [0.1, 0.15) is 79.2 Å². The van der Waals surface area contributed by atoms with Crippen molar-refractivity contribution in [2.75, 3.05) is 4.90 Å². The van der Waals surface area contributed by atoms with Crippen LogP contribution in [0.2, 0.25) is 0 Å². The summed E-state index contributed by atoms with van der Waals surface area (Å²) in [6, 6.07) is 5.12. The van der Waals surface area contributed by atoms with Crippen molar-refractivity contribution in [3.63, 3.8) is 0 Å². The number of carbonyl (C=O) groups excluding carboxylic acids is 1. The summed E-state index contributed by atoms with van der Waals surface area (Å²) in [6.07, 6.45) is 5.35. The Bertz CT molecular complexity index is 567. The van der Waals surface area contributed by atoms with Crippen LogP contribution in [0, 0.1) is 24.1 Å². The molecule has 1 rings (SSSR count). The van der Waals surface area contributed by atoms with E-state index in [0.717, 1.165) is 31.4 Å². The fraction of sp³-hybridized carbons (Fsp3) is 0.682. The van der Waals surface area contributed by atoms with Crippen molar-refractivity contribution >= 4 is 11.6 Å². The monoisotopic (exact) mass is 349 g/mol. The lowest BCUT2D eigenvalue weighted by Gasteiger charge is -2.37. The van der Waals surface area contributed by atoms with Crippen molar-refractivity contribution in [1.29, 1.82) is 0 Å². The van der Waals surface area contributed by atoms with E-state index < -0.39 is 0 Å². The third kappa shape index (κ3) is 5.55. The number of hydrogen-bond acceptors (Lipinski definition) is 1. The second-order valence-electron chi connectivity index (χ2n) is 8.05. The van der Waals surface area contributed by atoms with Crippen LogP contribution in [0.15, 0.2) is 18.2 Å². The molecule has 0 aromatic heterocycles. The summed E-state index contributed by atoms with van der Waals surface area (Å²) in [5.41, 5.74) is 1.33. The smallest absolute Gasteiger partial charge is 0.230 e. The van der Waals surface area contributed by atoms with Gasteiger partial charge in [0.1, 0.15) is 5.82 Å². The molecule has 0 saturated heterocycles. The molecule has 0 bridgehead atoms. The zero-order valence-electron chi connectivity index (χ0n) is 17.2. The fourth-order valence-electron chi connectivity index (χ4n) is 3.05. The van der Waals surface area contributed by atoms with Gasteiger partial charge in [-0.2, -0.15) is 0 Å². The molecule has 25 heavy (non-hydrogen) atoms. The molecule has 2 unspecified atom stereocenters. The second kappa shape index (κ2) is 9.35. The van der Waals surface area contributed by atoms with E-state index in [-0.39, 0.29) is 29.1 Å². The Hall–Kier alpha value is -1.38. The standard InChI is InChI=1S/C22H36FNO/c1-8-10-11-12-17(4)24(19-13-14-20(23)16(3)15-19)21(25)18(5)22(6,7)9-2/h13-15,17-18H,8-12H2,1-7H3. The molecule has 2 nitrogen and oxygen atoms in total. The van der Waals surface area contributed by atoms with Gasteiger partial charge in [0.25, 0.3) is 0 Å². The normalized spacial score (nSPS) is 14.2. The van der Waals surface area contributed by atoms with Gasteiger partial charge in [0.05, 0.1) is 0 Å². The van der Waals surface area contributed by atoms with Crippen molar-refractivity contribution < 1.29 is 9.18 Å². The van der Waals surface area contributed by atoms with Crippen LogP contribution in [0.3, 0.4) is 0 Å². The van der Waals surface area contributed by atoms with Gasteiger partial charge in [-0.05, 0) is 49.4 Å². The first-order valence-electron chi connectivity index (χ1n) is 9.74. The van der Waals surface area contributed by atoms with E-state index in [0.29, 0.717) is 5.56 Å². The minimum absolute atomic E-state index is 0.0620. The Labute approximate surface area is 153 Å². The molecule has 0 spiro atoms. The molecule has 3 heteroatoms. The van der Waals surface area contributed by atoms with Crippen molar-refractivity contribution in [2.24, 2.45) is 11.3 Å². The summed E-state index contributed by atoms with van der Waals surface area (Å²) in [5.74, 6) is -0.171. The maximum absolute atomic E-state index is 13.7. The van der Waals surface area contributed by atoms with Gasteiger partial charge < -0.3 is 4.90 Å². The minimum Gasteiger partial charge on any atom is -0.309 e. The van der Waals surface area contributed by atoms with Gasteiger partial charge in [-0.15, -0.1) is 0 Å². The Balaban J connectivity index is 3.17. The zero-order chi connectivity index (χ0) is 19.2. The first-order chi connectivity index (χ1) is 11.7. The number of halogens is 1. The molecule has 0 N–H and O–H groups in total. The highest BCUT2D eigenvalue weighted by Gasteiger charge is 2.35. The third-order valence-corrected chi connectivity index (χ3v) is 5.78. The number of hydrogen-bond donors (Lipinski definition) is 0. The Morgan fingerprint density at radius 1 is 1.20 bits per heavy atom. The lowest BCUT2D eigenvalue weighted by Crippen LogP contribution is -2.45. The average molecular weight is 350 g/mol. The molecule has 0 heterocycles. The molecule has 2 atom stereocenters. The van der Waals surface area contributed by atoms with E-state index in [2.05, 4.69) is 34.6 Å². The molecule has 1 aromatic carbocycles. The number of anilines is 1. The number of nitrogens with zero attached hydrogens (tertiary/aromatic N) is 1. The van der Waals surface area contributed by atoms with E-state index >= 15 is 0 Å². The van der Waals surface area contributed by atoms with Crippen molar-refractivity contribution in [1.82, 2.24) is 0 Å². The van der Waals surface area contributed by atoms with E-state index in [1.54, 1.807) is 19.1 Å². The Kier molecular flexibility index (Phi) is 8.11. The highest BCUT2D eigenvalue weighted by atomic mass is 19.1. The summed E-state index contributed by atoms with van der Waals surface area (Å²) in [4.78, 5) is 15.3. The van der Waals surface area contributed by atoms with Gasteiger partial charge in [0.2, 0.25) is 5.91 Å². The minimum atomic E-state index is -0.225. The van der Waals surface area contributed by atoms with Gasteiger partial charge >= 0.3 is 0 Å². The van der Waals surface area contributed by atoms with Crippen LogP contribution in [0.4, 0.5) is 10.1 Å². The number of unbranched alkanes of at least 4 members (excludes halogenated alkanes) is 2. The maximum Gasteiger partial charge on any atom is 0.230 e. The number of carbonyl (C=O) groups is 1. The van der Waals surface area contributed by atoms with Crippen molar-refractivity contribution in [2.45, 2.75) is 86.6 Å².